The highest BCUT2D eigenvalue weighted by Gasteiger charge is 2.23. The van der Waals surface area contributed by atoms with Crippen LogP contribution in [0.15, 0.2) is 18.2 Å². The van der Waals surface area contributed by atoms with Crippen LogP contribution in [0, 0.1) is 0 Å². The molecule has 1 atom stereocenters. The van der Waals surface area contributed by atoms with Crippen LogP contribution in [0.5, 0.6) is 0 Å². The number of rotatable bonds is 5. The van der Waals surface area contributed by atoms with E-state index in [1.165, 1.54) is 0 Å². The van der Waals surface area contributed by atoms with Crippen LogP contribution in [0.25, 0.3) is 0 Å². The molecule has 1 aromatic rings. The molecule has 1 saturated heterocycles. The van der Waals surface area contributed by atoms with E-state index in [0.717, 1.165) is 55.0 Å². The molecule has 1 unspecified atom stereocenters. The summed E-state index contributed by atoms with van der Waals surface area (Å²) in [5, 5.41) is 4.85. The molecule has 1 aromatic carbocycles. The smallest absolute Gasteiger partial charge is 0.0635 e. The van der Waals surface area contributed by atoms with Crippen molar-refractivity contribution in [1.29, 1.82) is 0 Å². The van der Waals surface area contributed by atoms with E-state index in [0.29, 0.717) is 6.04 Å². The van der Waals surface area contributed by atoms with Gasteiger partial charge in [0.25, 0.3) is 0 Å². The van der Waals surface area contributed by atoms with E-state index >= 15 is 0 Å². The second kappa shape index (κ2) is 7.46. The number of ether oxygens (including phenoxy) is 1. The van der Waals surface area contributed by atoms with Gasteiger partial charge in [0.1, 0.15) is 0 Å². The van der Waals surface area contributed by atoms with Gasteiger partial charge in [-0.3, -0.25) is 4.90 Å². The van der Waals surface area contributed by atoms with Crippen molar-refractivity contribution in [3.63, 3.8) is 0 Å². The number of benzene rings is 1. The monoisotopic (exact) mass is 302 g/mol. The first-order valence-electron chi connectivity index (χ1n) is 6.67. The number of nitrogens with one attached hydrogen (secondary N) is 1. The Kier molecular flexibility index (Phi) is 5.92. The zero-order chi connectivity index (χ0) is 13.7. The summed E-state index contributed by atoms with van der Waals surface area (Å²) in [6, 6.07) is 6.04. The average Bonchev–Trinajstić information content (AvgIpc) is 2.42. The van der Waals surface area contributed by atoms with Crippen molar-refractivity contribution in [3.8, 4) is 0 Å². The highest BCUT2D eigenvalue weighted by Crippen LogP contribution is 2.26. The molecular formula is C14H20Cl2N2O. The van der Waals surface area contributed by atoms with E-state index < -0.39 is 0 Å². The molecule has 19 heavy (non-hydrogen) atoms. The highest BCUT2D eigenvalue weighted by atomic mass is 35.5. The first-order valence-corrected chi connectivity index (χ1v) is 7.43. The van der Waals surface area contributed by atoms with Gasteiger partial charge < -0.3 is 10.1 Å². The lowest BCUT2D eigenvalue weighted by atomic mass is 10.1. The van der Waals surface area contributed by atoms with E-state index in [9.17, 15) is 0 Å². The standard InChI is InChI=1S/C14H20Cl2N2O/c1-2-17-8-11-10-19-7-6-18(11)9-12-13(15)4-3-5-14(12)16/h3-5,11,17H,2,6-10H2,1H3. The van der Waals surface area contributed by atoms with Crippen molar-refractivity contribution >= 4 is 23.2 Å². The van der Waals surface area contributed by atoms with Gasteiger partial charge in [0.2, 0.25) is 0 Å². The van der Waals surface area contributed by atoms with Gasteiger partial charge in [-0.15, -0.1) is 0 Å². The Morgan fingerprint density at radius 2 is 2.11 bits per heavy atom. The summed E-state index contributed by atoms with van der Waals surface area (Å²) in [4.78, 5) is 2.39. The number of likely N-dealkylation sites (N-methyl/N-ethyl adjacent to an activating group) is 1. The lowest BCUT2D eigenvalue weighted by molar-refractivity contribution is -0.0107. The molecule has 2 rings (SSSR count). The molecular weight excluding hydrogens is 283 g/mol. The van der Waals surface area contributed by atoms with Gasteiger partial charge >= 0.3 is 0 Å². The zero-order valence-corrected chi connectivity index (χ0v) is 12.7. The molecule has 106 valence electrons. The van der Waals surface area contributed by atoms with E-state index in [2.05, 4.69) is 17.1 Å². The lowest BCUT2D eigenvalue weighted by Crippen LogP contribution is -2.49. The number of morpholine rings is 1. The molecule has 1 aliphatic rings. The van der Waals surface area contributed by atoms with Crippen LogP contribution < -0.4 is 5.32 Å². The third-order valence-corrected chi connectivity index (χ3v) is 4.11. The first-order chi connectivity index (χ1) is 9.22. The van der Waals surface area contributed by atoms with Gasteiger partial charge in [0.15, 0.2) is 0 Å². The van der Waals surface area contributed by atoms with Crippen LogP contribution in [0.4, 0.5) is 0 Å². The largest absolute Gasteiger partial charge is 0.378 e. The number of hydrogen-bond donors (Lipinski definition) is 1. The minimum absolute atomic E-state index is 0.376. The normalized spacial score (nSPS) is 20.7. The molecule has 3 nitrogen and oxygen atoms in total. The topological polar surface area (TPSA) is 24.5 Å². The average molecular weight is 303 g/mol. The van der Waals surface area contributed by atoms with Crippen molar-refractivity contribution in [1.82, 2.24) is 10.2 Å². The van der Waals surface area contributed by atoms with Gasteiger partial charge in [-0.25, -0.2) is 0 Å². The minimum Gasteiger partial charge on any atom is -0.378 e. The predicted molar refractivity (Wildman–Crippen MR) is 80.0 cm³/mol. The Balaban J connectivity index is 2.06. The second-order valence-electron chi connectivity index (χ2n) is 4.71. The fraction of sp³-hybridized carbons (Fsp3) is 0.571. The van der Waals surface area contributed by atoms with Gasteiger partial charge in [-0.2, -0.15) is 0 Å². The van der Waals surface area contributed by atoms with Gasteiger partial charge in [-0.05, 0) is 18.7 Å². The van der Waals surface area contributed by atoms with Gasteiger partial charge in [-0.1, -0.05) is 36.2 Å². The van der Waals surface area contributed by atoms with Crippen molar-refractivity contribution in [2.24, 2.45) is 0 Å². The molecule has 0 radical (unpaired) electrons. The Bertz CT molecular complexity index is 394. The van der Waals surface area contributed by atoms with Crippen LogP contribution in [0.3, 0.4) is 0 Å². The van der Waals surface area contributed by atoms with Gasteiger partial charge in [0.05, 0.1) is 13.2 Å². The molecule has 0 aromatic heterocycles. The molecule has 1 aliphatic heterocycles. The molecule has 0 amide bonds. The molecule has 0 saturated carbocycles. The number of nitrogens with zero attached hydrogens (tertiary/aromatic N) is 1. The molecule has 0 aliphatic carbocycles. The molecule has 0 spiro atoms. The van der Waals surface area contributed by atoms with Crippen molar-refractivity contribution in [2.75, 3.05) is 32.8 Å². The fourth-order valence-electron chi connectivity index (χ4n) is 2.28. The molecule has 5 heteroatoms. The first kappa shape index (κ1) is 15.1. The fourth-order valence-corrected chi connectivity index (χ4v) is 2.80. The summed E-state index contributed by atoms with van der Waals surface area (Å²) in [6.07, 6.45) is 0. The van der Waals surface area contributed by atoms with E-state index in [1.807, 2.05) is 18.2 Å². The second-order valence-corrected chi connectivity index (χ2v) is 5.52. The van der Waals surface area contributed by atoms with Crippen LogP contribution in [-0.2, 0) is 11.3 Å². The number of hydrogen-bond acceptors (Lipinski definition) is 3. The van der Waals surface area contributed by atoms with Crippen molar-refractivity contribution < 1.29 is 4.74 Å². The Morgan fingerprint density at radius 1 is 1.37 bits per heavy atom. The summed E-state index contributed by atoms with van der Waals surface area (Å²) < 4.78 is 5.56. The molecule has 1 N–H and O–H groups in total. The van der Waals surface area contributed by atoms with Crippen molar-refractivity contribution in [3.05, 3.63) is 33.8 Å². The summed E-state index contributed by atoms with van der Waals surface area (Å²) in [7, 11) is 0. The van der Waals surface area contributed by atoms with E-state index in [1.54, 1.807) is 0 Å². The highest BCUT2D eigenvalue weighted by molar-refractivity contribution is 6.35. The van der Waals surface area contributed by atoms with Crippen LogP contribution in [-0.4, -0.2) is 43.8 Å². The van der Waals surface area contributed by atoms with Crippen LogP contribution in [0.2, 0.25) is 10.0 Å². The Labute approximate surface area is 124 Å². The zero-order valence-electron chi connectivity index (χ0n) is 11.2. The third-order valence-electron chi connectivity index (χ3n) is 3.40. The minimum atomic E-state index is 0.376. The SMILES string of the molecule is CCNCC1COCCN1Cc1c(Cl)cccc1Cl. The third kappa shape index (κ3) is 4.07. The Morgan fingerprint density at radius 3 is 2.79 bits per heavy atom. The number of halogens is 2. The summed E-state index contributed by atoms with van der Waals surface area (Å²) in [5.74, 6) is 0. The molecule has 1 heterocycles. The quantitative estimate of drug-likeness (QED) is 0.905. The Hall–Kier alpha value is -0.320. The van der Waals surface area contributed by atoms with E-state index in [4.69, 9.17) is 27.9 Å². The summed E-state index contributed by atoms with van der Waals surface area (Å²) in [5.41, 5.74) is 1.01. The lowest BCUT2D eigenvalue weighted by Gasteiger charge is -2.36. The molecule has 1 fully saturated rings. The summed E-state index contributed by atoms with van der Waals surface area (Å²) in [6.45, 7) is 7.23. The maximum absolute atomic E-state index is 6.24. The maximum atomic E-state index is 6.24. The predicted octanol–water partition coefficient (Wildman–Crippen LogP) is 2.80. The maximum Gasteiger partial charge on any atom is 0.0635 e. The van der Waals surface area contributed by atoms with Crippen LogP contribution >= 0.6 is 23.2 Å². The van der Waals surface area contributed by atoms with Crippen molar-refractivity contribution in [2.45, 2.75) is 19.5 Å². The van der Waals surface area contributed by atoms with E-state index in [-0.39, 0.29) is 0 Å². The molecule has 0 bridgehead atoms. The van der Waals surface area contributed by atoms with Gasteiger partial charge in [0, 0.05) is 41.3 Å². The van der Waals surface area contributed by atoms with Crippen LogP contribution in [0.1, 0.15) is 12.5 Å². The summed E-state index contributed by atoms with van der Waals surface area (Å²) >= 11 is 12.5.